The summed E-state index contributed by atoms with van der Waals surface area (Å²) in [6.45, 7) is 2.70. The molecule has 22 heavy (non-hydrogen) atoms. The summed E-state index contributed by atoms with van der Waals surface area (Å²) in [6.07, 6.45) is 6.43. The van der Waals surface area contributed by atoms with Crippen molar-refractivity contribution in [2.45, 2.75) is 49.5 Å². The first kappa shape index (κ1) is 15.4. The fourth-order valence-corrected chi connectivity index (χ4v) is 3.67. The third kappa shape index (κ3) is 3.83. The number of hydrogen-bond acceptors (Lipinski definition) is 4. The van der Waals surface area contributed by atoms with Crippen LogP contribution in [-0.2, 0) is 4.79 Å². The Bertz CT molecular complexity index is 601. The van der Waals surface area contributed by atoms with Gasteiger partial charge in [0.2, 0.25) is 5.91 Å². The molecule has 1 aliphatic rings. The highest BCUT2D eigenvalue weighted by Crippen LogP contribution is 2.27. The van der Waals surface area contributed by atoms with E-state index in [9.17, 15) is 4.79 Å². The monoisotopic (exact) mass is 318 g/mol. The van der Waals surface area contributed by atoms with Crippen LogP contribution >= 0.6 is 11.8 Å². The summed E-state index contributed by atoms with van der Waals surface area (Å²) in [5, 5.41) is 3.44. The number of amides is 1. The molecule has 0 bridgehead atoms. The molecule has 1 fully saturated rings. The van der Waals surface area contributed by atoms with Crippen molar-refractivity contribution in [3.63, 3.8) is 0 Å². The summed E-state index contributed by atoms with van der Waals surface area (Å²) in [4.78, 5) is 16.6. The maximum absolute atomic E-state index is 12.2. The number of fused-ring (bicyclic) bond motifs is 1. The van der Waals surface area contributed by atoms with Crippen LogP contribution in [0, 0.1) is 5.92 Å². The van der Waals surface area contributed by atoms with Gasteiger partial charge in [0, 0.05) is 6.54 Å². The number of benzene rings is 1. The standard InChI is InChI=1S/C17H22N2O2S/c1-12(16(20)18-11-13-7-3-2-4-8-13)22-17-19-14-9-5-6-10-15(14)21-17/h5-6,9-10,12-13H,2-4,7-8,11H2,1H3,(H,18,20)/t12-/m1/s1. The zero-order valence-electron chi connectivity index (χ0n) is 12.9. The third-order valence-electron chi connectivity index (χ3n) is 4.21. The number of para-hydroxylation sites is 2. The molecule has 0 aliphatic heterocycles. The quantitative estimate of drug-likeness (QED) is 0.847. The van der Waals surface area contributed by atoms with Crippen LogP contribution in [0.25, 0.3) is 11.1 Å². The number of nitrogens with one attached hydrogen (secondary N) is 1. The predicted octanol–water partition coefficient (Wildman–Crippen LogP) is 4.00. The predicted molar refractivity (Wildman–Crippen MR) is 88.9 cm³/mol. The van der Waals surface area contributed by atoms with E-state index in [-0.39, 0.29) is 11.2 Å². The Labute approximate surface area is 135 Å². The van der Waals surface area contributed by atoms with E-state index in [1.54, 1.807) is 0 Å². The Kier molecular flexibility index (Phi) is 5.03. The van der Waals surface area contributed by atoms with Crippen LogP contribution in [-0.4, -0.2) is 22.7 Å². The summed E-state index contributed by atoms with van der Waals surface area (Å²) in [7, 11) is 0. The highest BCUT2D eigenvalue weighted by atomic mass is 32.2. The van der Waals surface area contributed by atoms with Gasteiger partial charge >= 0.3 is 0 Å². The summed E-state index contributed by atoms with van der Waals surface area (Å²) in [6, 6.07) is 7.65. The molecule has 118 valence electrons. The van der Waals surface area contributed by atoms with Crippen molar-refractivity contribution in [1.29, 1.82) is 0 Å². The number of rotatable bonds is 5. The van der Waals surface area contributed by atoms with Gasteiger partial charge in [-0.2, -0.15) is 0 Å². The molecule has 0 saturated heterocycles. The van der Waals surface area contributed by atoms with Gasteiger partial charge in [0.1, 0.15) is 5.52 Å². The smallest absolute Gasteiger partial charge is 0.257 e. The van der Waals surface area contributed by atoms with Crippen LogP contribution in [0.4, 0.5) is 0 Å². The van der Waals surface area contributed by atoms with Crippen LogP contribution in [0.2, 0.25) is 0 Å². The van der Waals surface area contributed by atoms with E-state index in [0.717, 1.165) is 17.6 Å². The summed E-state index contributed by atoms with van der Waals surface area (Å²) in [5.74, 6) is 0.719. The second-order valence-corrected chi connectivity index (χ2v) is 7.25. The normalized spacial score (nSPS) is 17.5. The van der Waals surface area contributed by atoms with E-state index < -0.39 is 0 Å². The first-order valence-corrected chi connectivity index (χ1v) is 8.90. The van der Waals surface area contributed by atoms with Gasteiger partial charge in [0.15, 0.2) is 5.58 Å². The molecule has 1 N–H and O–H groups in total. The van der Waals surface area contributed by atoms with Gasteiger partial charge in [-0.3, -0.25) is 4.79 Å². The molecule has 1 aromatic carbocycles. The number of carbonyl (C=O) groups is 1. The third-order valence-corrected chi connectivity index (χ3v) is 5.15. The Morgan fingerprint density at radius 2 is 2.14 bits per heavy atom. The van der Waals surface area contributed by atoms with Gasteiger partial charge in [-0.15, -0.1) is 0 Å². The van der Waals surface area contributed by atoms with Crippen LogP contribution in [0.5, 0.6) is 0 Å². The minimum absolute atomic E-state index is 0.0674. The minimum Gasteiger partial charge on any atom is -0.431 e. The zero-order chi connectivity index (χ0) is 15.4. The fraction of sp³-hybridized carbons (Fsp3) is 0.529. The Morgan fingerprint density at radius 1 is 1.36 bits per heavy atom. The molecule has 1 aromatic heterocycles. The molecular weight excluding hydrogens is 296 g/mol. The summed E-state index contributed by atoms with van der Waals surface area (Å²) in [5.41, 5.74) is 1.60. The van der Waals surface area contributed by atoms with E-state index in [0.29, 0.717) is 11.1 Å². The lowest BCUT2D eigenvalue weighted by atomic mass is 9.89. The van der Waals surface area contributed by atoms with Crippen molar-refractivity contribution >= 4 is 28.8 Å². The van der Waals surface area contributed by atoms with Gasteiger partial charge in [0.25, 0.3) is 5.22 Å². The van der Waals surface area contributed by atoms with E-state index in [1.165, 1.54) is 43.9 Å². The molecule has 1 aliphatic carbocycles. The maximum Gasteiger partial charge on any atom is 0.257 e. The molecule has 1 atom stereocenters. The second-order valence-electron chi connectivity index (χ2n) is 5.96. The molecule has 1 heterocycles. The number of oxazole rings is 1. The average molecular weight is 318 g/mol. The molecule has 4 nitrogen and oxygen atoms in total. The Morgan fingerprint density at radius 3 is 2.91 bits per heavy atom. The van der Waals surface area contributed by atoms with Crippen molar-refractivity contribution in [2.24, 2.45) is 5.92 Å². The van der Waals surface area contributed by atoms with Crippen LogP contribution in [0.3, 0.4) is 0 Å². The highest BCUT2D eigenvalue weighted by Gasteiger charge is 2.20. The lowest BCUT2D eigenvalue weighted by molar-refractivity contribution is -0.120. The lowest BCUT2D eigenvalue weighted by Gasteiger charge is -2.22. The first-order valence-electron chi connectivity index (χ1n) is 8.02. The molecule has 0 radical (unpaired) electrons. The first-order chi connectivity index (χ1) is 10.7. The maximum atomic E-state index is 12.2. The largest absolute Gasteiger partial charge is 0.431 e. The zero-order valence-corrected chi connectivity index (χ0v) is 13.7. The van der Waals surface area contributed by atoms with Crippen LogP contribution in [0.1, 0.15) is 39.0 Å². The van der Waals surface area contributed by atoms with Crippen molar-refractivity contribution in [1.82, 2.24) is 10.3 Å². The summed E-state index contributed by atoms with van der Waals surface area (Å²) < 4.78 is 5.66. The lowest BCUT2D eigenvalue weighted by Crippen LogP contribution is -2.35. The molecule has 5 heteroatoms. The van der Waals surface area contributed by atoms with Gasteiger partial charge in [-0.05, 0) is 37.8 Å². The minimum atomic E-state index is -0.198. The van der Waals surface area contributed by atoms with E-state index in [4.69, 9.17) is 4.42 Å². The van der Waals surface area contributed by atoms with Crippen LogP contribution < -0.4 is 5.32 Å². The van der Waals surface area contributed by atoms with E-state index >= 15 is 0 Å². The number of carbonyl (C=O) groups excluding carboxylic acids is 1. The van der Waals surface area contributed by atoms with Crippen molar-refractivity contribution in [2.75, 3.05) is 6.54 Å². The number of thioether (sulfide) groups is 1. The van der Waals surface area contributed by atoms with Crippen molar-refractivity contribution in [3.05, 3.63) is 24.3 Å². The fourth-order valence-electron chi connectivity index (χ4n) is 2.89. The molecule has 0 spiro atoms. The number of hydrogen-bond donors (Lipinski definition) is 1. The number of aromatic nitrogens is 1. The second kappa shape index (κ2) is 7.18. The molecular formula is C17H22N2O2S. The van der Waals surface area contributed by atoms with Gasteiger partial charge in [-0.1, -0.05) is 43.2 Å². The van der Waals surface area contributed by atoms with Gasteiger partial charge < -0.3 is 9.73 Å². The van der Waals surface area contributed by atoms with Crippen molar-refractivity contribution < 1.29 is 9.21 Å². The van der Waals surface area contributed by atoms with Crippen molar-refractivity contribution in [3.8, 4) is 0 Å². The molecule has 1 amide bonds. The van der Waals surface area contributed by atoms with Gasteiger partial charge in [0.05, 0.1) is 5.25 Å². The molecule has 0 unspecified atom stereocenters. The van der Waals surface area contributed by atoms with Crippen LogP contribution in [0.15, 0.2) is 33.9 Å². The molecule has 3 rings (SSSR count). The Hall–Kier alpha value is -1.49. The topological polar surface area (TPSA) is 55.1 Å². The summed E-state index contributed by atoms with van der Waals surface area (Å²) >= 11 is 1.37. The van der Waals surface area contributed by atoms with E-state index in [2.05, 4.69) is 10.3 Å². The number of nitrogens with zero attached hydrogens (tertiary/aromatic N) is 1. The average Bonchev–Trinajstić information content (AvgIpc) is 2.95. The molecule has 1 saturated carbocycles. The van der Waals surface area contributed by atoms with E-state index in [1.807, 2.05) is 31.2 Å². The highest BCUT2D eigenvalue weighted by molar-refractivity contribution is 8.00. The SMILES string of the molecule is C[C@@H](Sc1nc2ccccc2o1)C(=O)NCC1CCCCC1. The molecule has 2 aromatic rings. The Balaban J connectivity index is 1.51. The van der Waals surface area contributed by atoms with Gasteiger partial charge in [-0.25, -0.2) is 4.98 Å².